The predicted octanol–water partition coefficient (Wildman–Crippen LogP) is 1.31. The molecule has 5 nitrogen and oxygen atoms in total. The van der Waals surface area contributed by atoms with Crippen LogP contribution in [-0.2, 0) is 4.74 Å². The SMILES string of the molecule is COC1CCN(c2ncc(C(=O)O)cc2C)C1. The van der Waals surface area contributed by atoms with E-state index in [-0.39, 0.29) is 11.7 Å². The average molecular weight is 236 g/mol. The number of carboxylic acids is 1. The maximum atomic E-state index is 10.8. The molecule has 0 radical (unpaired) electrons. The van der Waals surface area contributed by atoms with Crippen LogP contribution in [-0.4, -0.2) is 42.4 Å². The molecule has 1 fully saturated rings. The number of ether oxygens (including phenoxy) is 1. The van der Waals surface area contributed by atoms with Gasteiger partial charge in [-0.15, -0.1) is 0 Å². The third-order valence-electron chi connectivity index (χ3n) is 3.08. The molecule has 0 amide bonds. The van der Waals surface area contributed by atoms with Crippen LogP contribution in [0.3, 0.4) is 0 Å². The third kappa shape index (κ3) is 2.39. The fraction of sp³-hybridized carbons (Fsp3) is 0.500. The Morgan fingerprint density at radius 1 is 1.65 bits per heavy atom. The Balaban J connectivity index is 2.20. The molecule has 1 aromatic heterocycles. The van der Waals surface area contributed by atoms with Crippen LogP contribution in [0.1, 0.15) is 22.3 Å². The Morgan fingerprint density at radius 2 is 2.41 bits per heavy atom. The molecule has 0 aromatic carbocycles. The number of carbonyl (C=O) groups is 1. The van der Waals surface area contributed by atoms with E-state index in [1.54, 1.807) is 13.2 Å². The highest BCUT2D eigenvalue weighted by molar-refractivity contribution is 5.87. The van der Waals surface area contributed by atoms with Crippen molar-refractivity contribution in [2.24, 2.45) is 0 Å². The molecule has 1 atom stereocenters. The van der Waals surface area contributed by atoms with Gasteiger partial charge in [0.1, 0.15) is 5.82 Å². The van der Waals surface area contributed by atoms with Gasteiger partial charge in [0.05, 0.1) is 11.7 Å². The molecular weight excluding hydrogens is 220 g/mol. The Kier molecular flexibility index (Phi) is 3.28. The van der Waals surface area contributed by atoms with Crippen molar-refractivity contribution in [2.75, 3.05) is 25.1 Å². The summed E-state index contributed by atoms with van der Waals surface area (Å²) in [6, 6.07) is 1.66. The van der Waals surface area contributed by atoms with Crippen LogP contribution in [0.15, 0.2) is 12.3 Å². The monoisotopic (exact) mass is 236 g/mol. The zero-order valence-corrected chi connectivity index (χ0v) is 10.0. The number of hydrogen-bond acceptors (Lipinski definition) is 4. The molecule has 17 heavy (non-hydrogen) atoms. The van der Waals surface area contributed by atoms with Gasteiger partial charge >= 0.3 is 5.97 Å². The van der Waals surface area contributed by atoms with Gasteiger partial charge in [0, 0.05) is 26.4 Å². The summed E-state index contributed by atoms with van der Waals surface area (Å²) < 4.78 is 5.30. The number of pyridine rings is 1. The molecule has 1 aliphatic heterocycles. The number of methoxy groups -OCH3 is 1. The molecule has 1 aromatic rings. The summed E-state index contributed by atoms with van der Waals surface area (Å²) >= 11 is 0. The molecule has 0 bridgehead atoms. The standard InChI is InChI=1S/C12H16N2O3/c1-8-5-9(12(15)16)6-13-11(8)14-4-3-10(7-14)17-2/h5-6,10H,3-4,7H2,1-2H3,(H,15,16). The van der Waals surface area contributed by atoms with Gasteiger partial charge < -0.3 is 14.7 Å². The number of aryl methyl sites for hydroxylation is 1. The average Bonchev–Trinajstić information content (AvgIpc) is 2.77. The lowest BCUT2D eigenvalue weighted by Crippen LogP contribution is -2.24. The first-order valence-corrected chi connectivity index (χ1v) is 5.59. The number of carboxylic acid groups (broad SMARTS) is 1. The van der Waals surface area contributed by atoms with E-state index in [9.17, 15) is 4.79 Å². The minimum Gasteiger partial charge on any atom is -0.478 e. The van der Waals surface area contributed by atoms with Crippen LogP contribution in [0.5, 0.6) is 0 Å². The van der Waals surface area contributed by atoms with Crippen LogP contribution in [0.25, 0.3) is 0 Å². The fourth-order valence-electron chi connectivity index (χ4n) is 2.13. The first kappa shape index (κ1) is 11.9. The zero-order valence-electron chi connectivity index (χ0n) is 10.0. The highest BCUT2D eigenvalue weighted by Crippen LogP contribution is 2.23. The van der Waals surface area contributed by atoms with Crippen molar-refractivity contribution in [1.29, 1.82) is 0 Å². The number of aromatic nitrogens is 1. The van der Waals surface area contributed by atoms with Crippen LogP contribution in [0.2, 0.25) is 0 Å². The van der Waals surface area contributed by atoms with Crippen molar-refractivity contribution in [3.8, 4) is 0 Å². The van der Waals surface area contributed by atoms with Gasteiger partial charge in [-0.3, -0.25) is 0 Å². The number of aromatic carboxylic acids is 1. The molecule has 2 heterocycles. The summed E-state index contributed by atoms with van der Waals surface area (Å²) in [5.74, 6) is -0.0853. The van der Waals surface area contributed by atoms with Crippen LogP contribution in [0, 0.1) is 6.92 Å². The van der Waals surface area contributed by atoms with Gasteiger partial charge in [-0.25, -0.2) is 9.78 Å². The minimum atomic E-state index is -0.941. The molecule has 5 heteroatoms. The topological polar surface area (TPSA) is 62.7 Å². The fourth-order valence-corrected chi connectivity index (χ4v) is 2.13. The molecular formula is C12H16N2O3. The van der Waals surface area contributed by atoms with Crippen molar-refractivity contribution in [3.05, 3.63) is 23.4 Å². The molecule has 1 unspecified atom stereocenters. The first-order valence-electron chi connectivity index (χ1n) is 5.59. The highest BCUT2D eigenvalue weighted by atomic mass is 16.5. The Bertz CT molecular complexity index is 434. The van der Waals surface area contributed by atoms with Crippen LogP contribution >= 0.6 is 0 Å². The van der Waals surface area contributed by atoms with Crippen molar-refractivity contribution in [2.45, 2.75) is 19.4 Å². The lowest BCUT2D eigenvalue weighted by atomic mass is 10.2. The van der Waals surface area contributed by atoms with Crippen molar-refractivity contribution in [1.82, 2.24) is 4.98 Å². The second-order valence-corrected chi connectivity index (χ2v) is 4.26. The maximum absolute atomic E-state index is 10.8. The summed E-state index contributed by atoms with van der Waals surface area (Å²) in [4.78, 5) is 17.2. The van der Waals surface area contributed by atoms with Crippen molar-refractivity contribution >= 4 is 11.8 Å². The number of hydrogen-bond donors (Lipinski definition) is 1. The molecule has 2 rings (SSSR count). The molecule has 0 spiro atoms. The minimum absolute atomic E-state index is 0.230. The molecule has 92 valence electrons. The second-order valence-electron chi connectivity index (χ2n) is 4.26. The maximum Gasteiger partial charge on any atom is 0.337 e. The Hall–Kier alpha value is -1.62. The number of rotatable bonds is 3. The van der Waals surface area contributed by atoms with Gasteiger partial charge in [0.15, 0.2) is 0 Å². The first-order chi connectivity index (χ1) is 8.11. The lowest BCUT2D eigenvalue weighted by Gasteiger charge is -2.19. The molecule has 0 saturated carbocycles. The van der Waals surface area contributed by atoms with E-state index in [0.717, 1.165) is 30.9 Å². The van der Waals surface area contributed by atoms with Crippen LogP contribution in [0.4, 0.5) is 5.82 Å². The molecule has 1 saturated heterocycles. The predicted molar refractivity (Wildman–Crippen MR) is 63.6 cm³/mol. The smallest absolute Gasteiger partial charge is 0.337 e. The van der Waals surface area contributed by atoms with Gasteiger partial charge in [-0.1, -0.05) is 0 Å². The van der Waals surface area contributed by atoms with E-state index < -0.39 is 5.97 Å². The van der Waals surface area contributed by atoms with Crippen molar-refractivity contribution in [3.63, 3.8) is 0 Å². The third-order valence-corrected chi connectivity index (χ3v) is 3.08. The molecule has 1 aliphatic rings. The van der Waals surface area contributed by atoms with Crippen molar-refractivity contribution < 1.29 is 14.6 Å². The summed E-state index contributed by atoms with van der Waals surface area (Å²) in [7, 11) is 1.71. The van der Waals surface area contributed by atoms with Gasteiger partial charge in [-0.05, 0) is 25.0 Å². The van der Waals surface area contributed by atoms with E-state index in [0.29, 0.717) is 0 Å². The zero-order chi connectivity index (χ0) is 12.4. The summed E-state index contributed by atoms with van der Waals surface area (Å²) in [5.41, 5.74) is 1.12. The largest absolute Gasteiger partial charge is 0.478 e. The Labute approximate surface area is 100 Å². The summed E-state index contributed by atoms with van der Waals surface area (Å²) in [5, 5.41) is 8.87. The van der Waals surface area contributed by atoms with E-state index >= 15 is 0 Å². The van der Waals surface area contributed by atoms with E-state index in [4.69, 9.17) is 9.84 Å². The van der Waals surface area contributed by atoms with Gasteiger partial charge in [0.25, 0.3) is 0 Å². The van der Waals surface area contributed by atoms with E-state index in [1.165, 1.54) is 6.20 Å². The molecule has 1 N–H and O–H groups in total. The van der Waals surface area contributed by atoms with E-state index in [1.807, 2.05) is 6.92 Å². The quantitative estimate of drug-likeness (QED) is 0.857. The lowest BCUT2D eigenvalue weighted by molar-refractivity contribution is 0.0696. The van der Waals surface area contributed by atoms with Gasteiger partial charge in [0.2, 0.25) is 0 Å². The van der Waals surface area contributed by atoms with Crippen LogP contribution < -0.4 is 4.90 Å². The summed E-state index contributed by atoms with van der Waals surface area (Å²) in [6.45, 7) is 3.60. The highest BCUT2D eigenvalue weighted by Gasteiger charge is 2.24. The second kappa shape index (κ2) is 4.71. The molecule has 0 aliphatic carbocycles. The number of nitrogens with zero attached hydrogens (tertiary/aromatic N) is 2. The van der Waals surface area contributed by atoms with E-state index in [2.05, 4.69) is 9.88 Å². The Morgan fingerprint density at radius 3 is 2.94 bits per heavy atom. The van der Waals surface area contributed by atoms with Gasteiger partial charge in [-0.2, -0.15) is 0 Å². The summed E-state index contributed by atoms with van der Waals surface area (Å²) in [6.07, 6.45) is 2.64. The normalized spacial score (nSPS) is 19.6. The number of anilines is 1.